The highest BCUT2D eigenvalue weighted by Crippen LogP contribution is 2.18. The lowest BCUT2D eigenvalue weighted by Crippen LogP contribution is -2.04. The van der Waals surface area contributed by atoms with Crippen molar-refractivity contribution in [3.8, 4) is 0 Å². The number of halogens is 4. The maximum atomic E-state index is 10.6. The zero-order valence-electron chi connectivity index (χ0n) is 2.42. The first-order valence-corrected chi connectivity index (χ1v) is 1.81. The second kappa shape index (κ2) is 3.48. The van der Waals surface area contributed by atoms with Crippen molar-refractivity contribution in [2.75, 3.05) is 0 Å². The molecule has 7 heavy (non-hydrogen) atoms. The predicted octanol–water partition coefficient (Wildman–Crippen LogP) is 2.51. The Hall–Kier alpha value is 0.480. The molecule has 5 heteroatoms. The first-order valence-electron chi connectivity index (χ1n) is 0.925. The molecule has 1 nitrogen and oxygen atoms in total. The molecule has 0 spiro atoms. The number of hydrogen-bond donors (Lipinski definition) is 0. The van der Waals surface area contributed by atoms with E-state index in [0.29, 0.717) is 0 Å². The van der Waals surface area contributed by atoms with Crippen molar-refractivity contribution >= 4 is 23.0 Å². The lowest BCUT2D eigenvalue weighted by molar-refractivity contribution is -0.254. The molecule has 0 fully saturated rings. The summed E-state index contributed by atoms with van der Waals surface area (Å²) >= 11 is 0.769. The predicted molar refractivity (Wildman–Crippen MR) is 27.9 cm³/mol. The van der Waals surface area contributed by atoms with Gasteiger partial charge in [0.05, 0.1) is 0 Å². The third kappa shape index (κ3) is 10.7. The summed E-state index contributed by atoms with van der Waals surface area (Å²) in [6, 6.07) is 0. The summed E-state index contributed by atoms with van der Waals surface area (Å²) in [5.74, 6) is 0. The van der Waals surface area contributed by atoms with Gasteiger partial charge in [0.1, 0.15) is 23.0 Å². The Bertz CT molecular complexity index is 42.7. The van der Waals surface area contributed by atoms with Gasteiger partial charge in [0.2, 0.25) is 0 Å². The van der Waals surface area contributed by atoms with Crippen molar-refractivity contribution in [3.05, 3.63) is 0 Å². The number of alkyl halides is 3. The molecule has 0 aliphatic heterocycles. The van der Waals surface area contributed by atoms with Crippen LogP contribution in [-0.2, 0) is 3.07 Å². The molecular weight excluding hydrogens is 224 g/mol. The Kier molecular flexibility index (Phi) is 5.20. The molecule has 0 bridgehead atoms. The highest BCUT2D eigenvalue weighted by molar-refractivity contribution is 14.1. The van der Waals surface area contributed by atoms with Crippen LogP contribution in [0.4, 0.5) is 13.2 Å². The first-order chi connectivity index (χ1) is 2.56. The van der Waals surface area contributed by atoms with Crippen LogP contribution in [0.25, 0.3) is 0 Å². The summed E-state index contributed by atoms with van der Waals surface area (Å²) in [6.07, 6.45) is -4.47. The second-order valence-electron chi connectivity index (χ2n) is 0.523. The van der Waals surface area contributed by atoms with E-state index < -0.39 is 6.36 Å². The minimum Gasteiger partial charge on any atom is -0.221 e. The van der Waals surface area contributed by atoms with Crippen LogP contribution in [0.3, 0.4) is 0 Å². The minimum absolute atomic E-state index is 0. The van der Waals surface area contributed by atoms with Crippen molar-refractivity contribution < 1.29 is 16.2 Å². The van der Waals surface area contributed by atoms with Crippen LogP contribution >= 0.6 is 23.0 Å². The molecule has 0 atom stereocenters. The van der Waals surface area contributed by atoms with Crippen LogP contribution in [0.5, 0.6) is 0 Å². The molecule has 0 aromatic heterocycles. The van der Waals surface area contributed by atoms with Gasteiger partial charge in [0.25, 0.3) is 0 Å². The first kappa shape index (κ1) is 10.5. The molecule has 0 rings (SSSR count). The van der Waals surface area contributed by atoms with Crippen LogP contribution < -0.4 is 0 Å². The average molecular weight is 228 g/mol. The fourth-order valence-electron chi connectivity index (χ4n) is 0. The van der Waals surface area contributed by atoms with E-state index in [1.54, 1.807) is 0 Å². The zero-order chi connectivity index (χ0) is 5.21. The van der Waals surface area contributed by atoms with Gasteiger partial charge in [-0.25, -0.2) is 3.07 Å². The van der Waals surface area contributed by atoms with Crippen LogP contribution in [0, 0.1) is 0 Å². The molecule has 0 saturated heterocycles. The van der Waals surface area contributed by atoms with Gasteiger partial charge in [-0.05, 0) is 0 Å². The van der Waals surface area contributed by atoms with Crippen LogP contribution in [0.2, 0.25) is 0 Å². The third-order valence-corrected chi connectivity index (χ3v) is 0.587. The van der Waals surface area contributed by atoms with Crippen LogP contribution in [-0.4, -0.2) is 6.36 Å². The molecule has 0 radical (unpaired) electrons. The summed E-state index contributed by atoms with van der Waals surface area (Å²) in [5.41, 5.74) is 0. The van der Waals surface area contributed by atoms with Crippen LogP contribution in [0.1, 0.15) is 7.43 Å². The van der Waals surface area contributed by atoms with Gasteiger partial charge in [0.15, 0.2) is 0 Å². The molecule has 0 aromatic rings. The quantitative estimate of drug-likeness (QED) is 0.578. The Labute approximate surface area is 53.5 Å². The van der Waals surface area contributed by atoms with E-state index in [0.717, 1.165) is 23.0 Å². The molecule has 0 unspecified atom stereocenters. The highest BCUT2D eigenvalue weighted by Gasteiger charge is 2.27. The van der Waals surface area contributed by atoms with Gasteiger partial charge in [0, 0.05) is 0 Å². The van der Waals surface area contributed by atoms with Crippen molar-refractivity contribution in [2.45, 2.75) is 13.8 Å². The zero-order valence-corrected chi connectivity index (χ0v) is 4.58. The Morgan fingerprint density at radius 2 is 1.43 bits per heavy atom. The van der Waals surface area contributed by atoms with Crippen molar-refractivity contribution in [1.82, 2.24) is 0 Å². The average Bonchev–Trinajstić information content (AvgIpc) is 1.35. The van der Waals surface area contributed by atoms with E-state index in [-0.39, 0.29) is 7.43 Å². The fourth-order valence-corrected chi connectivity index (χ4v) is 0. The largest absolute Gasteiger partial charge is 0.531 e. The summed E-state index contributed by atoms with van der Waals surface area (Å²) in [7, 11) is 0. The van der Waals surface area contributed by atoms with E-state index >= 15 is 0 Å². The van der Waals surface area contributed by atoms with E-state index in [4.69, 9.17) is 0 Å². The van der Waals surface area contributed by atoms with E-state index in [2.05, 4.69) is 3.07 Å². The van der Waals surface area contributed by atoms with Crippen molar-refractivity contribution in [2.24, 2.45) is 0 Å². The number of hydrogen-bond acceptors (Lipinski definition) is 1. The normalized spacial score (nSPS) is 10.3. The van der Waals surface area contributed by atoms with Gasteiger partial charge in [-0.3, -0.25) is 0 Å². The topological polar surface area (TPSA) is 9.23 Å². The molecule has 0 saturated carbocycles. The maximum Gasteiger partial charge on any atom is 0.531 e. The SMILES string of the molecule is C.FC(F)(F)OI. The molecule has 0 aromatic carbocycles. The smallest absolute Gasteiger partial charge is 0.221 e. The fraction of sp³-hybridized carbons (Fsp3) is 1.00. The van der Waals surface area contributed by atoms with Gasteiger partial charge in [-0.2, -0.15) is 0 Å². The highest BCUT2D eigenvalue weighted by atomic mass is 127. The van der Waals surface area contributed by atoms with Crippen LogP contribution in [0.15, 0.2) is 0 Å². The molecule has 46 valence electrons. The standard InChI is InChI=1S/CF3IO.CH4/c2-1(3,4)6-5;/h;1H4. The molecule has 0 aliphatic carbocycles. The monoisotopic (exact) mass is 228 g/mol. The molecule has 0 amide bonds. The summed E-state index contributed by atoms with van der Waals surface area (Å²) < 4.78 is 34.6. The van der Waals surface area contributed by atoms with E-state index in [9.17, 15) is 13.2 Å². The van der Waals surface area contributed by atoms with Crippen molar-refractivity contribution in [3.63, 3.8) is 0 Å². The Morgan fingerprint density at radius 3 is 1.43 bits per heavy atom. The summed E-state index contributed by atoms with van der Waals surface area (Å²) in [4.78, 5) is 0. The molecular formula is C2H4F3IO. The molecule has 0 heterocycles. The van der Waals surface area contributed by atoms with Gasteiger partial charge in [-0.15, -0.1) is 13.2 Å². The summed E-state index contributed by atoms with van der Waals surface area (Å²) in [5, 5.41) is 0. The third-order valence-electron chi connectivity index (χ3n) is 0.0875. The van der Waals surface area contributed by atoms with Gasteiger partial charge < -0.3 is 0 Å². The summed E-state index contributed by atoms with van der Waals surface area (Å²) in [6.45, 7) is 0. The Balaban J connectivity index is 0. The van der Waals surface area contributed by atoms with Gasteiger partial charge >= 0.3 is 6.36 Å². The lowest BCUT2D eigenvalue weighted by atomic mass is 11.4. The lowest BCUT2D eigenvalue weighted by Gasteiger charge is -1.94. The molecule has 0 N–H and O–H groups in total. The van der Waals surface area contributed by atoms with E-state index in [1.807, 2.05) is 0 Å². The van der Waals surface area contributed by atoms with Gasteiger partial charge in [-0.1, -0.05) is 7.43 Å². The van der Waals surface area contributed by atoms with Crippen molar-refractivity contribution in [1.29, 1.82) is 0 Å². The molecule has 0 aliphatic rings. The second-order valence-corrected chi connectivity index (χ2v) is 0.963. The maximum absolute atomic E-state index is 10.6. The minimum atomic E-state index is -4.47. The van der Waals surface area contributed by atoms with E-state index in [1.165, 1.54) is 0 Å². The Morgan fingerprint density at radius 1 is 1.29 bits per heavy atom. The number of rotatable bonds is 0.